The van der Waals surface area contributed by atoms with E-state index in [1.807, 2.05) is 4.90 Å². The zero-order chi connectivity index (χ0) is 12.8. The molecule has 1 heterocycles. The molecule has 0 aromatic rings. The first-order chi connectivity index (χ1) is 8.00. The summed E-state index contributed by atoms with van der Waals surface area (Å²) in [6.45, 7) is 7.56. The van der Waals surface area contributed by atoms with Gasteiger partial charge >= 0.3 is 5.97 Å². The highest BCUT2D eigenvalue weighted by Crippen LogP contribution is 2.05. The Hall–Kier alpha value is -1.82. The van der Waals surface area contributed by atoms with Crippen molar-refractivity contribution in [2.24, 2.45) is 5.73 Å². The van der Waals surface area contributed by atoms with Gasteiger partial charge in [0.1, 0.15) is 0 Å². The van der Waals surface area contributed by atoms with Crippen molar-refractivity contribution in [2.75, 3.05) is 26.3 Å². The molecule has 0 aliphatic carbocycles. The summed E-state index contributed by atoms with van der Waals surface area (Å²) in [7, 11) is 0. The van der Waals surface area contributed by atoms with Crippen molar-refractivity contribution < 1.29 is 19.1 Å². The second kappa shape index (κ2) is 6.05. The smallest absolute Gasteiger partial charge is 0.340 e. The fraction of sp³-hybridized carbons (Fsp3) is 0.455. The number of esters is 1. The highest BCUT2D eigenvalue weighted by Gasteiger charge is 2.14. The summed E-state index contributed by atoms with van der Waals surface area (Å²) < 4.78 is 9.86. The number of nitrogens with two attached hydrogens (primary N) is 1. The fourth-order valence-corrected chi connectivity index (χ4v) is 1.28. The molecule has 1 saturated heterocycles. The Kier molecular flexibility index (Phi) is 4.71. The van der Waals surface area contributed by atoms with Gasteiger partial charge in [-0.2, -0.15) is 0 Å². The molecule has 0 spiro atoms. The topological polar surface area (TPSA) is 81.9 Å². The maximum Gasteiger partial charge on any atom is 0.340 e. The third-order valence-corrected chi connectivity index (χ3v) is 2.23. The van der Waals surface area contributed by atoms with Crippen LogP contribution in [0.1, 0.15) is 6.92 Å². The van der Waals surface area contributed by atoms with Gasteiger partial charge in [0.15, 0.2) is 5.76 Å². The van der Waals surface area contributed by atoms with Gasteiger partial charge in [-0.3, -0.25) is 4.79 Å². The van der Waals surface area contributed by atoms with Crippen LogP contribution >= 0.6 is 0 Å². The largest absolute Gasteiger partial charge is 0.418 e. The summed E-state index contributed by atoms with van der Waals surface area (Å²) in [6, 6.07) is 0. The fourth-order valence-electron chi connectivity index (χ4n) is 1.28. The third-order valence-electron chi connectivity index (χ3n) is 2.23. The Bertz CT molecular complexity index is 356. The number of primary amides is 1. The number of carbonyl (C=O) groups is 2. The van der Waals surface area contributed by atoms with Crippen LogP contribution < -0.4 is 5.73 Å². The van der Waals surface area contributed by atoms with Crippen LogP contribution in [0.2, 0.25) is 0 Å². The van der Waals surface area contributed by atoms with E-state index >= 15 is 0 Å². The Morgan fingerprint density at radius 2 is 2.00 bits per heavy atom. The monoisotopic (exact) mass is 240 g/mol. The number of morpholine rings is 1. The molecule has 0 atom stereocenters. The molecule has 1 fully saturated rings. The van der Waals surface area contributed by atoms with Crippen molar-refractivity contribution in [1.29, 1.82) is 0 Å². The molecule has 1 aliphatic rings. The molecule has 94 valence electrons. The molecule has 1 rings (SSSR count). The Labute approximate surface area is 99.7 Å². The lowest BCUT2D eigenvalue weighted by Gasteiger charge is -2.25. The number of nitrogens with zero attached hydrogens (tertiary/aromatic N) is 1. The van der Waals surface area contributed by atoms with Gasteiger partial charge in [0.2, 0.25) is 0 Å². The highest BCUT2D eigenvalue weighted by atomic mass is 16.5. The second-order valence-corrected chi connectivity index (χ2v) is 3.64. The predicted molar refractivity (Wildman–Crippen MR) is 60.6 cm³/mol. The minimum atomic E-state index is -0.850. The maximum absolute atomic E-state index is 11.5. The van der Waals surface area contributed by atoms with E-state index in [0.29, 0.717) is 18.8 Å². The van der Waals surface area contributed by atoms with Crippen LogP contribution in [0.5, 0.6) is 0 Å². The average molecular weight is 240 g/mol. The lowest BCUT2D eigenvalue weighted by atomic mass is 10.3. The molecule has 0 aromatic carbocycles. The molecule has 0 saturated carbocycles. The minimum absolute atomic E-state index is 0.357. The number of hydrogen-bond acceptors (Lipinski definition) is 5. The highest BCUT2D eigenvalue weighted by molar-refractivity contribution is 5.95. The summed E-state index contributed by atoms with van der Waals surface area (Å²) in [4.78, 5) is 24.1. The normalized spacial score (nSPS) is 16.5. The first kappa shape index (κ1) is 13.2. The first-order valence-electron chi connectivity index (χ1n) is 5.22. The Balaban J connectivity index is 2.53. The Morgan fingerprint density at radius 3 is 2.53 bits per heavy atom. The van der Waals surface area contributed by atoms with E-state index in [2.05, 4.69) is 11.3 Å². The van der Waals surface area contributed by atoms with Crippen LogP contribution in [0.15, 0.2) is 24.1 Å². The van der Waals surface area contributed by atoms with Gasteiger partial charge in [0.25, 0.3) is 5.91 Å². The van der Waals surface area contributed by atoms with Crippen LogP contribution in [-0.2, 0) is 19.1 Å². The van der Waals surface area contributed by atoms with Crippen molar-refractivity contribution in [3.05, 3.63) is 24.1 Å². The summed E-state index contributed by atoms with van der Waals surface area (Å²) in [6.07, 6.45) is 1.68. The standard InChI is InChI=1S/C11H16N2O4/c1-8(7-13-3-5-16-6-4-13)11(15)17-9(2)10(12)14/h7H,2-6H2,1H3,(H2,12,14). The summed E-state index contributed by atoms with van der Waals surface area (Å²) in [5.41, 5.74) is 5.29. The van der Waals surface area contributed by atoms with Gasteiger partial charge in [-0.1, -0.05) is 6.58 Å². The van der Waals surface area contributed by atoms with Gasteiger partial charge in [-0.25, -0.2) is 4.79 Å². The van der Waals surface area contributed by atoms with E-state index in [9.17, 15) is 9.59 Å². The zero-order valence-electron chi connectivity index (χ0n) is 9.77. The molecule has 0 bridgehead atoms. The van der Waals surface area contributed by atoms with E-state index in [1.165, 1.54) is 0 Å². The molecular weight excluding hydrogens is 224 g/mol. The molecule has 17 heavy (non-hydrogen) atoms. The second-order valence-electron chi connectivity index (χ2n) is 3.64. The van der Waals surface area contributed by atoms with Gasteiger partial charge in [0, 0.05) is 19.3 Å². The SMILES string of the molecule is C=C(OC(=O)C(C)=CN1CCOCC1)C(N)=O. The summed E-state index contributed by atoms with van der Waals surface area (Å²) >= 11 is 0. The van der Waals surface area contributed by atoms with Crippen LogP contribution in [0.25, 0.3) is 0 Å². The lowest BCUT2D eigenvalue weighted by Crippen LogP contribution is -2.32. The van der Waals surface area contributed by atoms with Gasteiger partial charge in [0.05, 0.1) is 18.8 Å². The average Bonchev–Trinajstić information content (AvgIpc) is 2.29. The predicted octanol–water partition coefficient (Wildman–Crippen LogP) is -0.235. The third kappa shape index (κ3) is 4.28. The van der Waals surface area contributed by atoms with E-state index in [0.717, 1.165) is 13.1 Å². The van der Waals surface area contributed by atoms with Crippen LogP contribution in [-0.4, -0.2) is 43.1 Å². The molecule has 0 radical (unpaired) electrons. The van der Waals surface area contributed by atoms with Crippen LogP contribution in [0.4, 0.5) is 0 Å². The number of amides is 1. The molecule has 0 unspecified atom stereocenters. The minimum Gasteiger partial charge on any atom is -0.418 e. The summed E-state index contributed by atoms with van der Waals surface area (Å²) in [5.74, 6) is -1.83. The van der Waals surface area contributed by atoms with Crippen molar-refractivity contribution in [3.8, 4) is 0 Å². The van der Waals surface area contributed by atoms with Gasteiger partial charge < -0.3 is 20.1 Å². The molecule has 0 aromatic heterocycles. The molecule has 1 amide bonds. The van der Waals surface area contributed by atoms with Gasteiger partial charge in [-0.05, 0) is 6.92 Å². The molecule has 2 N–H and O–H groups in total. The number of carbonyl (C=O) groups excluding carboxylic acids is 2. The lowest BCUT2D eigenvalue weighted by molar-refractivity contribution is -0.138. The van der Waals surface area contributed by atoms with E-state index in [1.54, 1.807) is 13.1 Å². The zero-order valence-corrected chi connectivity index (χ0v) is 9.77. The van der Waals surface area contributed by atoms with Crippen molar-refractivity contribution >= 4 is 11.9 Å². The van der Waals surface area contributed by atoms with Crippen molar-refractivity contribution in [3.63, 3.8) is 0 Å². The molecular formula is C11H16N2O4. The molecule has 6 nitrogen and oxygen atoms in total. The number of rotatable bonds is 4. The van der Waals surface area contributed by atoms with E-state index in [-0.39, 0.29) is 5.76 Å². The van der Waals surface area contributed by atoms with Gasteiger partial charge in [-0.15, -0.1) is 0 Å². The Morgan fingerprint density at radius 1 is 1.41 bits per heavy atom. The maximum atomic E-state index is 11.5. The van der Waals surface area contributed by atoms with Crippen molar-refractivity contribution in [2.45, 2.75) is 6.92 Å². The first-order valence-corrected chi connectivity index (χ1v) is 5.22. The van der Waals surface area contributed by atoms with Crippen LogP contribution in [0.3, 0.4) is 0 Å². The summed E-state index contributed by atoms with van der Waals surface area (Å²) in [5, 5.41) is 0. The number of hydrogen-bond donors (Lipinski definition) is 1. The van der Waals surface area contributed by atoms with Crippen molar-refractivity contribution in [1.82, 2.24) is 4.90 Å². The van der Waals surface area contributed by atoms with Crippen LogP contribution in [0, 0.1) is 0 Å². The molecule has 1 aliphatic heterocycles. The number of ether oxygens (including phenoxy) is 2. The quantitative estimate of drug-likeness (QED) is 0.417. The van der Waals surface area contributed by atoms with E-state index < -0.39 is 11.9 Å². The van der Waals surface area contributed by atoms with E-state index in [4.69, 9.17) is 10.5 Å². The molecule has 6 heteroatoms.